The molecule has 0 saturated carbocycles. The predicted molar refractivity (Wildman–Crippen MR) is 124 cm³/mol. The third-order valence-corrected chi connectivity index (χ3v) is 6.96. The summed E-state index contributed by atoms with van der Waals surface area (Å²) < 4.78 is 2.35. The molecule has 32 heavy (non-hydrogen) atoms. The Labute approximate surface area is 189 Å². The van der Waals surface area contributed by atoms with Crippen LogP contribution in [-0.2, 0) is 13.0 Å². The van der Waals surface area contributed by atoms with Crippen molar-refractivity contribution in [2.75, 3.05) is 26.2 Å². The first-order valence-electron chi connectivity index (χ1n) is 11.8. The summed E-state index contributed by atoms with van der Waals surface area (Å²) in [6, 6.07) is 14.8. The molecule has 4 heterocycles. The molecule has 0 spiro atoms. The summed E-state index contributed by atoms with van der Waals surface area (Å²) in [5.74, 6) is 1.80. The molecule has 166 valence electrons. The van der Waals surface area contributed by atoms with Gasteiger partial charge in [0.2, 0.25) is 0 Å². The molecule has 6 heteroatoms. The second-order valence-corrected chi connectivity index (χ2v) is 8.92. The maximum absolute atomic E-state index is 12.9. The molecule has 2 aromatic heterocycles. The van der Waals surface area contributed by atoms with Gasteiger partial charge in [-0.2, -0.15) is 0 Å². The number of aryl methyl sites for hydroxylation is 1. The SMILES string of the molecule is O=C(c1cccnc1)N1CCC(C2c3nccn3CCCN2CCc2ccccc2)CC1. The van der Waals surface area contributed by atoms with E-state index in [1.807, 2.05) is 23.2 Å². The molecule has 1 amide bonds. The highest BCUT2D eigenvalue weighted by Crippen LogP contribution is 2.37. The lowest BCUT2D eigenvalue weighted by Crippen LogP contribution is -2.44. The van der Waals surface area contributed by atoms with Gasteiger partial charge in [-0.25, -0.2) is 4.98 Å². The van der Waals surface area contributed by atoms with E-state index < -0.39 is 0 Å². The van der Waals surface area contributed by atoms with E-state index in [9.17, 15) is 4.79 Å². The first-order chi connectivity index (χ1) is 15.8. The van der Waals surface area contributed by atoms with Gasteiger partial charge in [-0.05, 0) is 49.3 Å². The van der Waals surface area contributed by atoms with E-state index in [1.54, 1.807) is 12.4 Å². The fourth-order valence-corrected chi connectivity index (χ4v) is 5.29. The summed E-state index contributed by atoms with van der Waals surface area (Å²) >= 11 is 0. The van der Waals surface area contributed by atoms with Crippen molar-refractivity contribution in [3.05, 3.63) is 84.2 Å². The first-order valence-corrected chi connectivity index (χ1v) is 11.8. The number of likely N-dealkylation sites (tertiary alicyclic amines) is 1. The van der Waals surface area contributed by atoms with Gasteiger partial charge in [-0.1, -0.05) is 30.3 Å². The summed E-state index contributed by atoms with van der Waals surface area (Å²) in [5.41, 5.74) is 2.07. The molecule has 0 radical (unpaired) electrons. The number of carbonyl (C=O) groups is 1. The highest BCUT2D eigenvalue weighted by atomic mass is 16.2. The number of amides is 1. The van der Waals surface area contributed by atoms with Crippen LogP contribution in [0.3, 0.4) is 0 Å². The highest BCUT2D eigenvalue weighted by molar-refractivity contribution is 5.93. The van der Waals surface area contributed by atoms with Crippen molar-refractivity contribution < 1.29 is 4.79 Å². The highest BCUT2D eigenvalue weighted by Gasteiger charge is 2.36. The summed E-state index contributed by atoms with van der Waals surface area (Å²) in [4.78, 5) is 26.4. The minimum atomic E-state index is 0.0971. The molecule has 0 aliphatic carbocycles. The number of hydrogen-bond acceptors (Lipinski definition) is 4. The fourth-order valence-electron chi connectivity index (χ4n) is 5.29. The Kier molecular flexibility index (Phi) is 6.30. The number of piperidine rings is 1. The number of fused-ring (bicyclic) bond motifs is 1. The zero-order valence-electron chi connectivity index (χ0n) is 18.5. The molecule has 2 aliphatic rings. The normalized spacial score (nSPS) is 20.0. The second kappa shape index (κ2) is 9.65. The smallest absolute Gasteiger partial charge is 0.255 e. The number of imidazole rings is 1. The predicted octanol–water partition coefficient (Wildman–Crippen LogP) is 3.82. The van der Waals surface area contributed by atoms with Gasteiger partial charge in [0, 0.05) is 57.5 Å². The van der Waals surface area contributed by atoms with Gasteiger partial charge in [0.05, 0.1) is 11.6 Å². The number of aromatic nitrogens is 3. The van der Waals surface area contributed by atoms with E-state index in [1.165, 1.54) is 11.4 Å². The van der Waals surface area contributed by atoms with Crippen molar-refractivity contribution in [2.24, 2.45) is 5.92 Å². The summed E-state index contributed by atoms with van der Waals surface area (Å²) in [5, 5.41) is 0. The summed E-state index contributed by atoms with van der Waals surface area (Å²) in [7, 11) is 0. The van der Waals surface area contributed by atoms with Crippen molar-refractivity contribution in [2.45, 2.75) is 38.3 Å². The van der Waals surface area contributed by atoms with Gasteiger partial charge in [-0.15, -0.1) is 0 Å². The third kappa shape index (κ3) is 4.46. The van der Waals surface area contributed by atoms with Crippen LogP contribution < -0.4 is 0 Å². The minimum absolute atomic E-state index is 0.0971. The Hall–Kier alpha value is -2.99. The minimum Gasteiger partial charge on any atom is -0.339 e. The Morgan fingerprint density at radius 2 is 1.81 bits per heavy atom. The zero-order chi connectivity index (χ0) is 21.8. The van der Waals surface area contributed by atoms with Crippen molar-refractivity contribution >= 4 is 5.91 Å². The van der Waals surface area contributed by atoms with Crippen molar-refractivity contribution in [3.8, 4) is 0 Å². The van der Waals surface area contributed by atoms with Crippen LogP contribution in [0.5, 0.6) is 0 Å². The molecule has 0 N–H and O–H groups in total. The van der Waals surface area contributed by atoms with Crippen LogP contribution in [0.15, 0.2) is 67.3 Å². The summed E-state index contributed by atoms with van der Waals surface area (Å²) in [6.07, 6.45) is 11.7. The van der Waals surface area contributed by atoms with Crippen LogP contribution in [0.25, 0.3) is 0 Å². The van der Waals surface area contributed by atoms with Crippen molar-refractivity contribution in [1.29, 1.82) is 0 Å². The van der Waals surface area contributed by atoms with E-state index in [0.29, 0.717) is 17.5 Å². The van der Waals surface area contributed by atoms with Crippen LogP contribution >= 0.6 is 0 Å². The van der Waals surface area contributed by atoms with Gasteiger partial charge in [0.25, 0.3) is 5.91 Å². The number of pyridine rings is 1. The second-order valence-electron chi connectivity index (χ2n) is 8.92. The van der Waals surface area contributed by atoms with E-state index >= 15 is 0 Å². The van der Waals surface area contributed by atoms with Crippen LogP contribution in [0.1, 0.15) is 47.1 Å². The molecular weight excluding hydrogens is 398 g/mol. The van der Waals surface area contributed by atoms with E-state index in [0.717, 1.165) is 58.4 Å². The number of nitrogens with zero attached hydrogens (tertiary/aromatic N) is 5. The van der Waals surface area contributed by atoms with Crippen molar-refractivity contribution in [3.63, 3.8) is 0 Å². The Morgan fingerprint density at radius 3 is 2.59 bits per heavy atom. The summed E-state index contributed by atoms with van der Waals surface area (Å²) in [6.45, 7) is 4.75. The monoisotopic (exact) mass is 429 g/mol. The molecule has 3 aromatic rings. The van der Waals surface area contributed by atoms with E-state index in [-0.39, 0.29) is 5.91 Å². The lowest BCUT2D eigenvalue weighted by Gasteiger charge is -2.40. The quantitative estimate of drug-likeness (QED) is 0.619. The Morgan fingerprint density at radius 1 is 0.969 bits per heavy atom. The average Bonchev–Trinajstić information content (AvgIpc) is 3.24. The molecule has 1 fully saturated rings. The van der Waals surface area contributed by atoms with Gasteiger partial charge in [-0.3, -0.25) is 14.7 Å². The van der Waals surface area contributed by atoms with Crippen LogP contribution in [0.4, 0.5) is 0 Å². The van der Waals surface area contributed by atoms with Crippen LogP contribution in [0.2, 0.25) is 0 Å². The van der Waals surface area contributed by atoms with Gasteiger partial charge >= 0.3 is 0 Å². The number of rotatable bonds is 5. The number of carbonyl (C=O) groups excluding carboxylic acids is 1. The third-order valence-electron chi connectivity index (χ3n) is 6.96. The van der Waals surface area contributed by atoms with Gasteiger partial charge < -0.3 is 9.47 Å². The molecule has 1 aromatic carbocycles. The largest absolute Gasteiger partial charge is 0.339 e. The number of hydrogen-bond donors (Lipinski definition) is 0. The van der Waals surface area contributed by atoms with Gasteiger partial charge in [0.1, 0.15) is 5.82 Å². The molecule has 1 unspecified atom stereocenters. The first kappa shape index (κ1) is 20.9. The Balaban J connectivity index is 1.31. The molecular formula is C26H31N5O. The van der Waals surface area contributed by atoms with Crippen LogP contribution in [0, 0.1) is 5.92 Å². The Bertz CT molecular complexity index is 1010. The maximum atomic E-state index is 12.9. The van der Waals surface area contributed by atoms with Crippen molar-refractivity contribution in [1.82, 2.24) is 24.3 Å². The van der Waals surface area contributed by atoms with Gasteiger partial charge in [0.15, 0.2) is 0 Å². The average molecular weight is 430 g/mol. The topological polar surface area (TPSA) is 54.3 Å². The molecule has 5 rings (SSSR count). The number of benzene rings is 1. The lowest BCUT2D eigenvalue weighted by atomic mass is 9.87. The zero-order valence-corrected chi connectivity index (χ0v) is 18.5. The van der Waals surface area contributed by atoms with Crippen LogP contribution in [-0.4, -0.2) is 56.4 Å². The fraction of sp³-hybridized carbons (Fsp3) is 0.423. The standard InChI is InChI=1S/C26H31N5O/c32-26(23-8-4-12-27-20-23)31-17-10-22(11-18-31)24-25-28-13-19-30(25)15-5-14-29(24)16-9-21-6-2-1-3-7-21/h1-4,6-8,12-13,19-20,22,24H,5,9-11,14-18H2. The molecule has 1 atom stereocenters. The molecule has 0 bridgehead atoms. The molecule has 2 aliphatic heterocycles. The van der Waals surface area contributed by atoms with E-state index in [4.69, 9.17) is 4.98 Å². The maximum Gasteiger partial charge on any atom is 0.255 e. The molecule has 1 saturated heterocycles. The lowest BCUT2D eigenvalue weighted by molar-refractivity contribution is 0.0572. The van der Waals surface area contributed by atoms with E-state index in [2.05, 4.69) is 51.0 Å². The molecule has 6 nitrogen and oxygen atoms in total.